The van der Waals surface area contributed by atoms with Gasteiger partial charge >= 0.3 is 0 Å². The minimum atomic E-state index is -0.148. The third-order valence-corrected chi connectivity index (χ3v) is 6.16. The number of hydrogen-bond acceptors (Lipinski definition) is 4. The van der Waals surface area contributed by atoms with Gasteiger partial charge in [0.1, 0.15) is 5.52 Å². The second-order valence-electron chi connectivity index (χ2n) is 6.86. The monoisotopic (exact) mass is 462 g/mol. The predicted octanol–water partition coefficient (Wildman–Crippen LogP) is 4.81. The lowest BCUT2D eigenvalue weighted by atomic mass is 10.2. The summed E-state index contributed by atoms with van der Waals surface area (Å²) >= 11 is 4.74. The number of halogens is 1. The number of thioether (sulfide) groups is 1. The van der Waals surface area contributed by atoms with E-state index in [1.807, 2.05) is 52.0 Å². The first-order chi connectivity index (χ1) is 13.3. The minimum Gasteiger partial charge on any atom is -0.353 e. The van der Waals surface area contributed by atoms with Gasteiger partial charge in [-0.1, -0.05) is 24.8 Å². The SMILES string of the molecule is CC[C@@H](C)n1c(SCC(=O)Nc2ccc(C)cc2Br)nc2cc(C)[nH]c2c1=O. The Balaban J connectivity index is 1.84. The molecule has 2 N–H and O–H groups in total. The zero-order valence-electron chi connectivity index (χ0n) is 16.3. The lowest BCUT2D eigenvalue weighted by molar-refractivity contribution is -0.113. The van der Waals surface area contributed by atoms with Gasteiger partial charge in [0.2, 0.25) is 5.91 Å². The van der Waals surface area contributed by atoms with Crippen LogP contribution >= 0.6 is 27.7 Å². The Bertz CT molecular complexity index is 1090. The van der Waals surface area contributed by atoms with Crippen LogP contribution in [0.3, 0.4) is 0 Å². The average molecular weight is 463 g/mol. The van der Waals surface area contributed by atoms with Crippen molar-refractivity contribution in [2.24, 2.45) is 0 Å². The van der Waals surface area contributed by atoms with Gasteiger partial charge in [-0.15, -0.1) is 0 Å². The quantitative estimate of drug-likeness (QED) is 0.406. The number of aromatic nitrogens is 3. The van der Waals surface area contributed by atoms with Crippen molar-refractivity contribution in [3.63, 3.8) is 0 Å². The molecule has 0 spiro atoms. The second kappa shape index (κ2) is 8.53. The second-order valence-corrected chi connectivity index (χ2v) is 8.66. The summed E-state index contributed by atoms with van der Waals surface area (Å²) in [5.41, 5.74) is 3.76. The van der Waals surface area contributed by atoms with Gasteiger partial charge in [-0.2, -0.15) is 0 Å². The number of aryl methyl sites for hydroxylation is 2. The summed E-state index contributed by atoms with van der Waals surface area (Å²) in [5, 5.41) is 3.46. The van der Waals surface area contributed by atoms with E-state index in [0.717, 1.165) is 27.8 Å². The number of nitrogens with one attached hydrogen (secondary N) is 2. The molecule has 148 valence electrons. The van der Waals surface area contributed by atoms with Crippen LogP contribution in [-0.2, 0) is 4.79 Å². The van der Waals surface area contributed by atoms with Gasteiger partial charge in [0, 0.05) is 16.2 Å². The lowest BCUT2D eigenvalue weighted by Gasteiger charge is -2.17. The van der Waals surface area contributed by atoms with Crippen molar-refractivity contribution < 1.29 is 4.79 Å². The average Bonchev–Trinajstić information content (AvgIpc) is 3.02. The van der Waals surface area contributed by atoms with E-state index in [1.165, 1.54) is 11.8 Å². The topological polar surface area (TPSA) is 79.8 Å². The van der Waals surface area contributed by atoms with Gasteiger partial charge in [-0.25, -0.2) is 4.98 Å². The van der Waals surface area contributed by atoms with Crippen LogP contribution in [0.15, 0.2) is 38.7 Å². The molecule has 1 atom stereocenters. The van der Waals surface area contributed by atoms with Crippen LogP contribution in [-0.4, -0.2) is 26.2 Å². The highest BCUT2D eigenvalue weighted by Crippen LogP contribution is 2.25. The van der Waals surface area contributed by atoms with E-state index >= 15 is 0 Å². The van der Waals surface area contributed by atoms with Crippen LogP contribution in [0.2, 0.25) is 0 Å². The van der Waals surface area contributed by atoms with Crippen LogP contribution in [0.25, 0.3) is 11.0 Å². The zero-order chi connectivity index (χ0) is 20.4. The molecule has 0 fully saturated rings. The number of nitrogens with zero attached hydrogens (tertiary/aromatic N) is 2. The highest BCUT2D eigenvalue weighted by atomic mass is 79.9. The number of amides is 1. The number of benzene rings is 1. The Kier molecular flexibility index (Phi) is 6.30. The molecular weight excluding hydrogens is 440 g/mol. The number of anilines is 1. The number of carbonyl (C=O) groups is 1. The molecule has 1 amide bonds. The van der Waals surface area contributed by atoms with Crippen LogP contribution in [0, 0.1) is 13.8 Å². The predicted molar refractivity (Wildman–Crippen MR) is 118 cm³/mol. The molecule has 6 nitrogen and oxygen atoms in total. The molecule has 0 saturated heterocycles. The Hall–Kier alpha value is -2.06. The summed E-state index contributed by atoms with van der Waals surface area (Å²) in [6.07, 6.45) is 0.794. The first-order valence-electron chi connectivity index (χ1n) is 9.10. The maximum atomic E-state index is 12.9. The summed E-state index contributed by atoms with van der Waals surface area (Å²) in [6, 6.07) is 7.60. The van der Waals surface area contributed by atoms with E-state index in [2.05, 4.69) is 31.2 Å². The van der Waals surface area contributed by atoms with Crippen molar-refractivity contribution in [2.75, 3.05) is 11.1 Å². The third kappa shape index (κ3) is 4.33. The van der Waals surface area contributed by atoms with Crippen LogP contribution in [0.1, 0.15) is 37.6 Å². The highest BCUT2D eigenvalue weighted by molar-refractivity contribution is 9.10. The van der Waals surface area contributed by atoms with E-state index in [4.69, 9.17) is 0 Å². The first kappa shape index (κ1) is 20.7. The number of H-pyrrole nitrogens is 1. The van der Waals surface area contributed by atoms with Gasteiger partial charge in [0.25, 0.3) is 5.56 Å². The summed E-state index contributed by atoms with van der Waals surface area (Å²) in [4.78, 5) is 33.1. The van der Waals surface area contributed by atoms with Crippen molar-refractivity contribution in [3.05, 3.63) is 50.3 Å². The number of aromatic amines is 1. The third-order valence-electron chi connectivity index (χ3n) is 4.55. The largest absolute Gasteiger partial charge is 0.353 e. The number of rotatable bonds is 6. The fourth-order valence-corrected chi connectivity index (χ4v) is 4.39. The fourth-order valence-electron chi connectivity index (χ4n) is 2.90. The van der Waals surface area contributed by atoms with Gasteiger partial charge in [0.05, 0.1) is 17.0 Å². The maximum Gasteiger partial charge on any atom is 0.278 e. The minimum absolute atomic E-state index is 0.00943. The Morgan fingerprint density at radius 1 is 1.36 bits per heavy atom. The van der Waals surface area contributed by atoms with Crippen molar-refractivity contribution in [1.29, 1.82) is 0 Å². The summed E-state index contributed by atoms with van der Waals surface area (Å²) < 4.78 is 2.52. The molecule has 3 aromatic rings. The molecule has 0 bridgehead atoms. The zero-order valence-corrected chi connectivity index (χ0v) is 18.7. The summed E-state index contributed by atoms with van der Waals surface area (Å²) in [7, 11) is 0. The van der Waals surface area contributed by atoms with Crippen LogP contribution in [0.5, 0.6) is 0 Å². The smallest absolute Gasteiger partial charge is 0.278 e. The summed E-state index contributed by atoms with van der Waals surface area (Å²) in [6.45, 7) is 7.90. The molecule has 2 aromatic heterocycles. The Labute approximate surface area is 176 Å². The number of fused-ring (bicyclic) bond motifs is 1. The van der Waals surface area contributed by atoms with Crippen molar-refractivity contribution >= 4 is 50.3 Å². The lowest BCUT2D eigenvalue weighted by Crippen LogP contribution is -2.26. The van der Waals surface area contributed by atoms with Crippen LogP contribution in [0.4, 0.5) is 5.69 Å². The van der Waals surface area contributed by atoms with E-state index in [1.54, 1.807) is 4.57 Å². The maximum absolute atomic E-state index is 12.9. The molecule has 3 rings (SSSR count). The molecular formula is C20H23BrN4O2S. The molecule has 2 heterocycles. The van der Waals surface area contributed by atoms with Gasteiger partial charge in [-0.3, -0.25) is 14.2 Å². The Morgan fingerprint density at radius 2 is 2.11 bits per heavy atom. The molecule has 1 aromatic carbocycles. The van der Waals surface area contributed by atoms with E-state index < -0.39 is 0 Å². The fraction of sp³-hybridized carbons (Fsp3) is 0.350. The van der Waals surface area contributed by atoms with Crippen molar-refractivity contribution in [2.45, 2.75) is 45.3 Å². The molecule has 0 unspecified atom stereocenters. The van der Waals surface area contributed by atoms with E-state index in [9.17, 15) is 9.59 Å². The highest BCUT2D eigenvalue weighted by Gasteiger charge is 2.18. The normalized spacial score (nSPS) is 12.3. The number of carbonyl (C=O) groups excluding carboxylic acids is 1. The molecule has 28 heavy (non-hydrogen) atoms. The summed E-state index contributed by atoms with van der Waals surface area (Å²) in [5.74, 6) is 0.0165. The molecule has 0 aliphatic carbocycles. The van der Waals surface area contributed by atoms with Crippen LogP contribution < -0.4 is 10.9 Å². The molecule has 0 aliphatic rings. The van der Waals surface area contributed by atoms with Gasteiger partial charge in [-0.05, 0) is 66.9 Å². The first-order valence-corrected chi connectivity index (χ1v) is 10.9. The van der Waals surface area contributed by atoms with E-state index in [0.29, 0.717) is 16.2 Å². The standard InChI is InChI=1S/C20H23BrN4O2S/c1-5-13(4)25-19(27)18-16(9-12(3)22-18)24-20(25)28-10-17(26)23-15-7-6-11(2)8-14(15)21/h6-9,13,22H,5,10H2,1-4H3,(H,23,26)/t13-/m1/s1. The van der Waals surface area contributed by atoms with Crippen molar-refractivity contribution in [3.8, 4) is 0 Å². The van der Waals surface area contributed by atoms with Gasteiger partial charge < -0.3 is 10.3 Å². The van der Waals surface area contributed by atoms with Crippen molar-refractivity contribution in [1.82, 2.24) is 14.5 Å². The number of hydrogen-bond donors (Lipinski definition) is 2. The molecule has 0 aliphatic heterocycles. The Morgan fingerprint density at radius 3 is 2.79 bits per heavy atom. The molecule has 8 heteroatoms. The van der Waals surface area contributed by atoms with Gasteiger partial charge in [0.15, 0.2) is 5.16 Å². The van der Waals surface area contributed by atoms with E-state index in [-0.39, 0.29) is 23.3 Å². The molecule has 0 radical (unpaired) electrons. The molecule has 0 saturated carbocycles.